The van der Waals surface area contributed by atoms with Crippen LogP contribution in [0.5, 0.6) is 5.75 Å². The van der Waals surface area contributed by atoms with Crippen LogP contribution in [-0.4, -0.2) is 16.3 Å². The molecular formula is C18H22O2. The Kier molecular flexibility index (Phi) is 1.98. The first kappa shape index (κ1) is 9.62. The lowest BCUT2D eigenvalue weighted by Gasteiger charge is -2.46. The van der Waals surface area contributed by atoms with Gasteiger partial charge in [0.05, 0.1) is 7.45 Å². The second kappa shape index (κ2) is 4.11. The highest BCUT2D eigenvalue weighted by atomic mass is 16.3. The minimum Gasteiger partial charge on any atom is -0.508 e. The molecule has 4 atom stereocenters. The van der Waals surface area contributed by atoms with Crippen molar-refractivity contribution >= 4 is 0 Å². The topological polar surface area (TPSA) is 40.5 Å². The van der Waals surface area contributed by atoms with E-state index in [0.29, 0.717) is 6.42 Å². The van der Waals surface area contributed by atoms with Crippen molar-refractivity contribution in [1.29, 1.82) is 0 Å². The highest BCUT2D eigenvalue weighted by Gasteiger charge is 2.51. The van der Waals surface area contributed by atoms with E-state index in [2.05, 4.69) is 6.08 Å². The summed E-state index contributed by atoms with van der Waals surface area (Å²) in [7, 11) is 0. The lowest BCUT2D eigenvalue weighted by molar-refractivity contribution is 0.0267. The SMILES string of the molecule is [2H]C1([2H])C[C@@H]2C3=CCc4cc(O)ccc4[C@@H]3CC[C@@]2(C)[C@]1([2H])O. The molecule has 0 saturated heterocycles. The van der Waals surface area contributed by atoms with Crippen LogP contribution in [-0.2, 0) is 6.42 Å². The maximum absolute atomic E-state index is 10.6. The van der Waals surface area contributed by atoms with Gasteiger partial charge in [0.15, 0.2) is 0 Å². The molecule has 1 aromatic carbocycles. The van der Waals surface area contributed by atoms with E-state index in [1.807, 2.05) is 19.1 Å². The number of aromatic hydroxyl groups is 1. The summed E-state index contributed by atoms with van der Waals surface area (Å²) >= 11 is 0. The Balaban J connectivity index is 1.79. The van der Waals surface area contributed by atoms with E-state index in [0.717, 1.165) is 18.4 Å². The molecule has 0 bridgehead atoms. The number of aliphatic hydroxyl groups is 1. The zero-order valence-electron chi connectivity index (χ0n) is 14.7. The number of hydrogen-bond donors (Lipinski definition) is 2. The van der Waals surface area contributed by atoms with Crippen LogP contribution in [0.1, 0.15) is 53.7 Å². The molecule has 0 heterocycles. The maximum atomic E-state index is 10.6. The number of allylic oxidation sites excluding steroid dienone is 2. The van der Waals surface area contributed by atoms with Gasteiger partial charge in [-0.1, -0.05) is 24.6 Å². The smallest absolute Gasteiger partial charge is 0.115 e. The molecule has 0 aromatic heterocycles. The van der Waals surface area contributed by atoms with Crippen LogP contribution in [0.4, 0.5) is 0 Å². The third-order valence-electron chi connectivity index (χ3n) is 5.60. The van der Waals surface area contributed by atoms with Crippen molar-refractivity contribution in [3.63, 3.8) is 0 Å². The molecule has 2 nitrogen and oxygen atoms in total. The van der Waals surface area contributed by atoms with Gasteiger partial charge in [-0.3, -0.25) is 0 Å². The van der Waals surface area contributed by atoms with Gasteiger partial charge in [0.1, 0.15) is 5.75 Å². The summed E-state index contributed by atoms with van der Waals surface area (Å²) in [5.41, 5.74) is 2.78. The average Bonchev–Trinajstić information content (AvgIpc) is 2.62. The predicted molar refractivity (Wildman–Crippen MR) is 78.7 cm³/mol. The van der Waals surface area contributed by atoms with Gasteiger partial charge in [0.2, 0.25) is 0 Å². The second-order valence-electron chi connectivity index (χ2n) is 6.58. The summed E-state index contributed by atoms with van der Waals surface area (Å²) < 4.78 is 24.6. The fraction of sp³-hybridized carbons (Fsp3) is 0.556. The Morgan fingerprint density at radius 2 is 2.25 bits per heavy atom. The summed E-state index contributed by atoms with van der Waals surface area (Å²) in [5, 5.41) is 20.3. The molecule has 20 heavy (non-hydrogen) atoms. The molecule has 2 saturated carbocycles. The number of benzene rings is 1. The maximum Gasteiger partial charge on any atom is 0.115 e. The molecule has 3 aliphatic rings. The van der Waals surface area contributed by atoms with E-state index in [1.165, 1.54) is 11.1 Å². The molecule has 2 fully saturated rings. The van der Waals surface area contributed by atoms with Gasteiger partial charge in [-0.05, 0) is 61.2 Å². The van der Waals surface area contributed by atoms with Gasteiger partial charge in [-0.25, -0.2) is 0 Å². The monoisotopic (exact) mass is 273 g/mol. The van der Waals surface area contributed by atoms with Gasteiger partial charge in [0, 0.05) is 14.1 Å². The molecule has 1 aromatic rings. The normalized spacial score (nSPS) is 47.1. The van der Waals surface area contributed by atoms with Gasteiger partial charge in [-0.2, -0.15) is 0 Å². The molecule has 4 rings (SSSR count). The molecule has 0 aliphatic heterocycles. The largest absolute Gasteiger partial charge is 0.508 e. The highest BCUT2D eigenvalue weighted by Crippen LogP contribution is 2.59. The van der Waals surface area contributed by atoms with Crippen molar-refractivity contribution < 1.29 is 14.3 Å². The lowest BCUT2D eigenvalue weighted by atomic mass is 9.59. The van der Waals surface area contributed by atoms with E-state index in [9.17, 15) is 10.2 Å². The Labute approximate surface area is 124 Å². The third kappa shape index (κ3) is 1.54. The van der Waals surface area contributed by atoms with Crippen LogP contribution in [0, 0.1) is 11.3 Å². The summed E-state index contributed by atoms with van der Waals surface area (Å²) in [6, 6.07) is 5.50. The first-order valence-electron chi connectivity index (χ1n) is 8.91. The standard InChI is InChI=1S/C18H22O2/c1-18-9-8-14-13-5-3-12(19)10-11(13)2-4-15(14)16(18)6-7-17(18)20/h3-5,10,14,16-17,19-20H,2,6-9H2,1H3/t14-,16+,17+,18+/m0/s1/i7D2,17D. The van der Waals surface area contributed by atoms with Crippen LogP contribution in [0.3, 0.4) is 0 Å². The van der Waals surface area contributed by atoms with E-state index in [4.69, 9.17) is 4.11 Å². The summed E-state index contributed by atoms with van der Waals surface area (Å²) in [4.78, 5) is 0. The van der Waals surface area contributed by atoms with Gasteiger partial charge in [0.25, 0.3) is 0 Å². The molecule has 0 amide bonds. The Morgan fingerprint density at radius 1 is 1.40 bits per heavy atom. The molecule has 0 spiro atoms. The number of hydrogen-bond acceptors (Lipinski definition) is 2. The Morgan fingerprint density at radius 3 is 3.10 bits per heavy atom. The van der Waals surface area contributed by atoms with Crippen LogP contribution in [0.15, 0.2) is 29.8 Å². The van der Waals surface area contributed by atoms with E-state index >= 15 is 0 Å². The van der Waals surface area contributed by atoms with E-state index < -0.39 is 17.9 Å². The van der Waals surface area contributed by atoms with Crippen LogP contribution in [0.2, 0.25) is 0 Å². The lowest BCUT2D eigenvalue weighted by Crippen LogP contribution is -2.39. The predicted octanol–water partition coefficient (Wildman–Crippen LogP) is 3.53. The van der Waals surface area contributed by atoms with Gasteiger partial charge < -0.3 is 10.2 Å². The molecule has 0 unspecified atom stereocenters. The number of phenols is 1. The fourth-order valence-electron chi connectivity index (χ4n) is 4.38. The quantitative estimate of drug-likeness (QED) is 0.710. The summed E-state index contributed by atoms with van der Waals surface area (Å²) in [6.07, 6.45) is 0.587. The number of rotatable bonds is 0. The molecule has 3 aliphatic carbocycles. The van der Waals surface area contributed by atoms with E-state index in [1.54, 1.807) is 6.07 Å². The first-order chi connectivity index (χ1) is 10.7. The van der Waals surface area contributed by atoms with Crippen LogP contribution >= 0.6 is 0 Å². The molecular weight excluding hydrogens is 248 g/mol. The average molecular weight is 273 g/mol. The van der Waals surface area contributed by atoms with Gasteiger partial charge >= 0.3 is 0 Å². The first-order valence-corrected chi connectivity index (χ1v) is 7.41. The molecule has 2 heteroatoms. The highest BCUT2D eigenvalue weighted by molar-refractivity contribution is 5.47. The summed E-state index contributed by atoms with van der Waals surface area (Å²) in [5.74, 6) is 0.404. The van der Waals surface area contributed by atoms with Gasteiger partial charge in [-0.15, -0.1) is 0 Å². The number of phenolic OH excluding ortho intramolecular Hbond substituents is 1. The van der Waals surface area contributed by atoms with Crippen LogP contribution < -0.4 is 0 Å². The molecule has 106 valence electrons. The van der Waals surface area contributed by atoms with Crippen molar-refractivity contribution in [2.45, 2.75) is 51.0 Å². The third-order valence-corrected chi connectivity index (χ3v) is 5.60. The minimum absolute atomic E-state index is 0.0966. The molecule has 2 N–H and O–H groups in total. The second-order valence-corrected chi connectivity index (χ2v) is 6.58. The Bertz CT molecular complexity index is 710. The van der Waals surface area contributed by atoms with E-state index in [-0.39, 0.29) is 24.0 Å². The Hall–Kier alpha value is -1.28. The number of fused-ring (bicyclic) bond motifs is 5. The zero-order chi connectivity index (χ0) is 16.6. The zero-order valence-corrected chi connectivity index (χ0v) is 11.7. The van der Waals surface area contributed by atoms with Crippen molar-refractivity contribution in [3.8, 4) is 5.75 Å². The van der Waals surface area contributed by atoms with Crippen LogP contribution in [0.25, 0.3) is 0 Å². The van der Waals surface area contributed by atoms with Crippen molar-refractivity contribution in [3.05, 3.63) is 41.0 Å². The van der Waals surface area contributed by atoms with Crippen molar-refractivity contribution in [2.24, 2.45) is 11.3 Å². The molecule has 0 radical (unpaired) electrons. The van der Waals surface area contributed by atoms with Crippen molar-refractivity contribution in [1.82, 2.24) is 0 Å². The summed E-state index contributed by atoms with van der Waals surface area (Å²) in [6.45, 7) is 1.87. The fourth-order valence-corrected chi connectivity index (χ4v) is 4.38. The minimum atomic E-state index is -2.05. The van der Waals surface area contributed by atoms with Crippen molar-refractivity contribution in [2.75, 3.05) is 0 Å².